The van der Waals surface area contributed by atoms with Crippen LogP contribution in [0.4, 0.5) is 0 Å². The molecule has 0 aromatic heterocycles. The summed E-state index contributed by atoms with van der Waals surface area (Å²) in [6.45, 7) is 0.595. The van der Waals surface area contributed by atoms with E-state index in [0.29, 0.717) is 6.61 Å². The van der Waals surface area contributed by atoms with Gasteiger partial charge in [0, 0.05) is 29.0 Å². The van der Waals surface area contributed by atoms with Gasteiger partial charge in [-0.2, -0.15) is 0 Å². The minimum absolute atomic E-state index is 0.595. The number of benzene rings is 1. The molecule has 0 saturated carbocycles. The number of hydrogen-bond acceptors (Lipinski definition) is 2. The van der Waals surface area contributed by atoms with Gasteiger partial charge >= 0.3 is 0 Å². The number of ether oxygens (including phenoxy) is 1. The molecule has 0 saturated heterocycles. The van der Waals surface area contributed by atoms with Crippen molar-refractivity contribution < 1.29 is 4.74 Å². The Labute approximate surface area is 110 Å². The summed E-state index contributed by atoms with van der Waals surface area (Å²) in [5, 5.41) is 1.20. The molecule has 19 heavy (non-hydrogen) atoms. The van der Waals surface area contributed by atoms with E-state index in [1.165, 1.54) is 10.9 Å². The van der Waals surface area contributed by atoms with Gasteiger partial charge < -0.3 is 9.30 Å². The first-order valence-electron chi connectivity index (χ1n) is 6.27. The Bertz CT molecular complexity index is 783. The van der Waals surface area contributed by atoms with Gasteiger partial charge in [0.05, 0.1) is 17.5 Å². The first-order chi connectivity index (χ1) is 9.42. The van der Waals surface area contributed by atoms with Crippen molar-refractivity contribution in [3.8, 4) is 11.3 Å². The van der Waals surface area contributed by atoms with Crippen LogP contribution in [0.1, 0.15) is 5.69 Å². The molecule has 1 aromatic rings. The number of para-hydroxylation sites is 1. The van der Waals surface area contributed by atoms with E-state index >= 15 is 0 Å². The highest BCUT2D eigenvalue weighted by Crippen LogP contribution is 2.32. The molecule has 0 N–H and O–H groups in total. The van der Waals surface area contributed by atoms with Gasteiger partial charge in [-0.25, -0.2) is 4.98 Å². The zero-order valence-corrected chi connectivity index (χ0v) is 10.3. The second-order valence-corrected chi connectivity index (χ2v) is 4.55. The van der Waals surface area contributed by atoms with Gasteiger partial charge in [0.1, 0.15) is 6.61 Å². The lowest BCUT2D eigenvalue weighted by Gasteiger charge is -2.11. The minimum atomic E-state index is 0.595. The molecule has 0 fully saturated rings. The largest absolute Gasteiger partial charge is 0.497 e. The van der Waals surface area contributed by atoms with Crippen LogP contribution in [-0.4, -0.2) is 16.2 Å². The van der Waals surface area contributed by atoms with E-state index in [-0.39, 0.29) is 0 Å². The number of rotatable bonds is 0. The summed E-state index contributed by atoms with van der Waals surface area (Å²) in [6, 6.07) is 10.4. The van der Waals surface area contributed by atoms with E-state index in [9.17, 15) is 0 Å². The second-order valence-electron chi connectivity index (χ2n) is 4.55. The fourth-order valence-electron chi connectivity index (χ4n) is 2.45. The number of pyridine rings is 1. The van der Waals surface area contributed by atoms with E-state index in [4.69, 9.17) is 4.74 Å². The highest BCUT2D eigenvalue weighted by Gasteiger charge is 2.13. The van der Waals surface area contributed by atoms with Gasteiger partial charge in [0.2, 0.25) is 0 Å². The third-order valence-corrected chi connectivity index (χ3v) is 3.36. The van der Waals surface area contributed by atoms with Crippen molar-refractivity contribution in [3.05, 3.63) is 54.6 Å². The molecule has 0 radical (unpaired) electrons. The van der Waals surface area contributed by atoms with E-state index in [1.807, 2.05) is 36.6 Å². The Kier molecular flexibility index (Phi) is 2.18. The van der Waals surface area contributed by atoms with Crippen LogP contribution in [0, 0.1) is 0 Å². The van der Waals surface area contributed by atoms with Gasteiger partial charge in [0.15, 0.2) is 0 Å². The maximum atomic E-state index is 5.32. The topological polar surface area (TPSA) is 27.1 Å². The highest BCUT2D eigenvalue weighted by atomic mass is 16.5. The van der Waals surface area contributed by atoms with Crippen molar-refractivity contribution in [2.75, 3.05) is 6.61 Å². The van der Waals surface area contributed by atoms with Gasteiger partial charge in [-0.15, -0.1) is 0 Å². The Morgan fingerprint density at radius 1 is 1.21 bits per heavy atom. The number of nitrogens with zero attached hydrogens (tertiary/aromatic N) is 2. The molecule has 3 heteroatoms. The van der Waals surface area contributed by atoms with Crippen molar-refractivity contribution in [3.63, 3.8) is 0 Å². The van der Waals surface area contributed by atoms with Gasteiger partial charge in [-0.3, -0.25) is 0 Å². The summed E-state index contributed by atoms with van der Waals surface area (Å²) >= 11 is 0. The zero-order valence-electron chi connectivity index (χ0n) is 10.3. The molecule has 3 aliphatic rings. The fourth-order valence-corrected chi connectivity index (χ4v) is 2.45. The van der Waals surface area contributed by atoms with E-state index in [1.54, 1.807) is 6.26 Å². The molecular weight excluding hydrogens is 236 g/mol. The lowest BCUT2D eigenvalue weighted by atomic mass is 10.1. The van der Waals surface area contributed by atoms with E-state index in [2.05, 4.69) is 27.9 Å². The second kappa shape index (κ2) is 3.99. The molecule has 0 spiro atoms. The van der Waals surface area contributed by atoms with Crippen LogP contribution >= 0.6 is 0 Å². The van der Waals surface area contributed by atoms with Crippen molar-refractivity contribution in [2.45, 2.75) is 0 Å². The average Bonchev–Trinajstić information content (AvgIpc) is 2.76. The molecule has 0 bridgehead atoms. The number of aromatic nitrogens is 2. The van der Waals surface area contributed by atoms with Crippen molar-refractivity contribution in [1.82, 2.24) is 9.55 Å². The van der Waals surface area contributed by atoms with E-state index < -0.39 is 0 Å². The Morgan fingerprint density at radius 2 is 2.16 bits per heavy atom. The fraction of sp³-hybridized carbons (Fsp3) is 0.0625. The molecule has 3 heterocycles. The molecule has 92 valence electrons. The average molecular weight is 248 g/mol. The molecular formula is C16H12N2O. The summed E-state index contributed by atoms with van der Waals surface area (Å²) in [5.41, 5.74) is 4.33. The normalized spacial score (nSPS) is 17.5. The molecule has 3 aliphatic heterocycles. The molecule has 0 unspecified atom stereocenters. The summed E-state index contributed by atoms with van der Waals surface area (Å²) in [4.78, 5) is 4.67. The van der Waals surface area contributed by atoms with Crippen LogP contribution in [0.5, 0.6) is 0 Å². The Hall–Kier alpha value is -2.55. The van der Waals surface area contributed by atoms with E-state index in [0.717, 1.165) is 16.9 Å². The summed E-state index contributed by atoms with van der Waals surface area (Å²) in [6.07, 6.45) is 9.78. The summed E-state index contributed by atoms with van der Waals surface area (Å²) in [7, 11) is 0. The standard InChI is InChI=1S/C16H12N2O/c1-2-5-15-13(4-1)14-10-12-6-9-19-8-3-7-18(12)11-16(14)17-15/h1-7,9-11H,8H2/b7-3-,9-6-. The SMILES string of the molecule is C1=C\n2cc3nc4ccccc4c-3cc2/C=C\OC/1. The van der Waals surface area contributed by atoms with Gasteiger partial charge in [0.25, 0.3) is 0 Å². The first kappa shape index (κ1) is 10.4. The lowest BCUT2D eigenvalue weighted by Crippen LogP contribution is -1.99. The molecule has 1 aromatic carbocycles. The molecule has 4 rings (SSSR count). The highest BCUT2D eigenvalue weighted by molar-refractivity contribution is 5.97. The smallest absolute Gasteiger partial charge is 0.107 e. The number of hydrogen-bond donors (Lipinski definition) is 0. The monoisotopic (exact) mass is 248 g/mol. The number of fused-ring (bicyclic) bond motifs is 4. The third kappa shape index (κ3) is 1.63. The maximum Gasteiger partial charge on any atom is 0.107 e. The minimum Gasteiger partial charge on any atom is -0.497 e. The maximum absolute atomic E-state index is 5.32. The predicted molar refractivity (Wildman–Crippen MR) is 76.7 cm³/mol. The molecule has 0 aliphatic carbocycles. The van der Waals surface area contributed by atoms with Crippen molar-refractivity contribution >= 4 is 23.2 Å². The lowest BCUT2D eigenvalue weighted by molar-refractivity contribution is 0.292. The van der Waals surface area contributed by atoms with Crippen molar-refractivity contribution in [2.24, 2.45) is 0 Å². The first-order valence-corrected chi connectivity index (χ1v) is 6.27. The van der Waals surface area contributed by atoms with Gasteiger partial charge in [-0.05, 0) is 24.3 Å². The summed E-state index contributed by atoms with van der Waals surface area (Å²) < 4.78 is 7.39. The Morgan fingerprint density at radius 3 is 3.16 bits per heavy atom. The van der Waals surface area contributed by atoms with Crippen LogP contribution in [0.2, 0.25) is 0 Å². The Balaban J connectivity index is 2.07. The van der Waals surface area contributed by atoms with Crippen LogP contribution < -0.4 is 0 Å². The van der Waals surface area contributed by atoms with Gasteiger partial charge in [-0.1, -0.05) is 18.2 Å². The third-order valence-electron chi connectivity index (χ3n) is 3.36. The van der Waals surface area contributed by atoms with Crippen LogP contribution in [-0.2, 0) is 4.74 Å². The van der Waals surface area contributed by atoms with Crippen molar-refractivity contribution in [1.29, 1.82) is 0 Å². The van der Waals surface area contributed by atoms with Crippen LogP contribution in [0.25, 0.3) is 34.4 Å². The predicted octanol–water partition coefficient (Wildman–Crippen LogP) is 3.61. The quantitative estimate of drug-likeness (QED) is 0.607. The van der Waals surface area contributed by atoms with Crippen LogP contribution in [0.15, 0.2) is 48.9 Å². The molecule has 0 atom stereocenters. The summed E-state index contributed by atoms with van der Waals surface area (Å²) in [5.74, 6) is 0. The molecule has 0 amide bonds. The molecule has 3 nitrogen and oxygen atoms in total. The van der Waals surface area contributed by atoms with Crippen LogP contribution in [0.3, 0.4) is 0 Å². The zero-order chi connectivity index (χ0) is 12.7.